The number of ether oxygens (including phenoxy) is 1. The summed E-state index contributed by atoms with van der Waals surface area (Å²) in [7, 11) is 0. The Morgan fingerprint density at radius 3 is 2.83 bits per heavy atom. The average molecular weight is 394 g/mol. The number of imidazole rings is 1. The number of benzene rings is 2. The second-order valence-corrected chi connectivity index (χ2v) is 6.85. The minimum atomic E-state index is -0.216. The van der Waals surface area contributed by atoms with Crippen LogP contribution in [0.4, 0.5) is 5.69 Å². The molecule has 0 aliphatic rings. The molecule has 146 valence electrons. The molecular weight excluding hydrogens is 376 g/mol. The van der Waals surface area contributed by atoms with Crippen LogP contribution in [0.5, 0.6) is 5.75 Å². The van der Waals surface area contributed by atoms with Crippen molar-refractivity contribution < 1.29 is 9.53 Å². The molecule has 0 fully saturated rings. The highest BCUT2D eigenvalue weighted by molar-refractivity contribution is 6.08. The molecule has 0 aliphatic carbocycles. The van der Waals surface area contributed by atoms with Crippen LogP contribution >= 0.6 is 0 Å². The highest BCUT2D eigenvalue weighted by atomic mass is 16.5. The van der Waals surface area contributed by atoms with Gasteiger partial charge in [-0.15, -0.1) is 0 Å². The maximum absolute atomic E-state index is 12.8. The lowest BCUT2D eigenvalue weighted by atomic mass is 10.1. The molecule has 0 spiro atoms. The van der Waals surface area contributed by atoms with E-state index in [1.165, 1.54) is 0 Å². The molecule has 6 nitrogen and oxygen atoms in total. The average Bonchev–Trinajstić information content (AvgIpc) is 3.21. The number of rotatable bonds is 5. The quantitative estimate of drug-likeness (QED) is 0.469. The van der Waals surface area contributed by atoms with E-state index in [9.17, 15) is 4.79 Å². The molecule has 0 saturated heterocycles. The van der Waals surface area contributed by atoms with Gasteiger partial charge in [0.25, 0.3) is 5.91 Å². The molecule has 1 N–H and O–H groups in total. The molecule has 5 aromatic rings. The molecule has 0 saturated carbocycles. The first-order valence-corrected chi connectivity index (χ1v) is 9.57. The Morgan fingerprint density at radius 1 is 1.00 bits per heavy atom. The van der Waals surface area contributed by atoms with Crippen LogP contribution in [0.3, 0.4) is 0 Å². The molecule has 6 heteroatoms. The molecular formula is C24H18N4O2. The SMILES string of the molecule is O=C(Nc1cccc2cccnc12)c1cccc(OCc2cn3ccccc3n2)c1. The van der Waals surface area contributed by atoms with E-state index in [0.717, 1.165) is 22.2 Å². The summed E-state index contributed by atoms with van der Waals surface area (Å²) >= 11 is 0. The van der Waals surface area contributed by atoms with Crippen LogP contribution < -0.4 is 10.1 Å². The smallest absolute Gasteiger partial charge is 0.255 e. The summed E-state index contributed by atoms with van der Waals surface area (Å²) in [5.74, 6) is 0.391. The Labute approximate surface area is 172 Å². The summed E-state index contributed by atoms with van der Waals surface area (Å²) in [6.07, 6.45) is 5.59. The van der Waals surface area contributed by atoms with Gasteiger partial charge in [-0.1, -0.05) is 30.3 Å². The molecule has 30 heavy (non-hydrogen) atoms. The molecule has 0 aliphatic heterocycles. The second-order valence-electron chi connectivity index (χ2n) is 6.85. The molecule has 0 atom stereocenters. The summed E-state index contributed by atoms with van der Waals surface area (Å²) in [6, 6.07) is 22.5. The first kappa shape index (κ1) is 17.9. The fourth-order valence-corrected chi connectivity index (χ4v) is 3.34. The lowest BCUT2D eigenvalue weighted by molar-refractivity contribution is 0.102. The van der Waals surface area contributed by atoms with Crippen molar-refractivity contribution in [2.45, 2.75) is 6.61 Å². The first-order valence-electron chi connectivity index (χ1n) is 9.57. The van der Waals surface area contributed by atoms with Gasteiger partial charge in [-0.25, -0.2) is 4.98 Å². The first-order chi connectivity index (χ1) is 14.8. The van der Waals surface area contributed by atoms with Gasteiger partial charge in [0.2, 0.25) is 0 Å². The molecule has 3 aromatic heterocycles. The number of hydrogen-bond donors (Lipinski definition) is 1. The number of fused-ring (bicyclic) bond motifs is 2. The summed E-state index contributed by atoms with van der Waals surface area (Å²) in [4.78, 5) is 21.7. The fraction of sp³-hybridized carbons (Fsp3) is 0.0417. The van der Waals surface area contributed by atoms with Gasteiger partial charge in [0.15, 0.2) is 0 Å². The number of carbonyl (C=O) groups excluding carboxylic acids is 1. The van der Waals surface area contributed by atoms with Gasteiger partial charge in [-0.05, 0) is 42.5 Å². The number of hydrogen-bond acceptors (Lipinski definition) is 4. The van der Waals surface area contributed by atoms with Crippen LogP contribution in [-0.4, -0.2) is 20.3 Å². The Hall–Kier alpha value is -4.19. The predicted molar refractivity (Wildman–Crippen MR) is 116 cm³/mol. The van der Waals surface area contributed by atoms with E-state index in [4.69, 9.17) is 4.74 Å². The summed E-state index contributed by atoms with van der Waals surface area (Å²) in [5, 5.41) is 3.92. The van der Waals surface area contributed by atoms with Gasteiger partial charge in [-0.2, -0.15) is 0 Å². The third-order valence-electron chi connectivity index (χ3n) is 4.78. The normalized spacial score (nSPS) is 10.9. The zero-order valence-electron chi connectivity index (χ0n) is 16.0. The number of carbonyl (C=O) groups is 1. The van der Waals surface area contributed by atoms with Crippen molar-refractivity contribution in [1.29, 1.82) is 0 Å². The van der Waals surface area contributed by atoms with Gasteiger partial charge in [0, 0.05) is 29.5 Å². The number of para-hydroxylation sites is 1. The van der Waals surface area contributed by atoms with Crippen molar-refractivity contribution in [2.24, 2.45) is 0 Å². The Morgan fingerprint density at radius 2 is 1.90 bits per heavy atom. The van der Waals surface area contributed by atoms with Crippen molar-refractivity contribution in [3.63, 3.8) is 0 Å². The molecule has 0 unspecified atom stereocenters. The van der Waals surface area contributed by atoms with Crippen LogP contribution in [0, 0.1) is 0 Å². The second kappa shape index (κ2) is 7.67. The van der Waals surface area contributed by atoms with Crippen molar-refractivity contribution in [2.75, 3.05) is 5.32 Å². The topological polar surface area (TPSA) is 68.5 Å². The molecule has 1 amide bonds. The van der Waals surface area contributed by atoms with Gasteiger partial charge < -0.3 is 14.5 Å². The van der Waals surface area contributed by atoms with Gasteiger partial charge in [-0.3, -0.25) is 9.78 Å². The lowest BCUT2D eigenvalue weighted by Crippen LogP contribution is -2.12. The third kappa shape index (κ3) is 3.58. The van der Waals surface area contributed by atoms with Gasteiger partial charge in [0.05, 0.1) is 16.9 Å². The van der Waals surface area contributed by atoms with E-state index < -0.39 is 0 Å². The van der Waals surface area contributed by atoms with Crippen molar-refractivity contribution in [3.8, 4) is 5.75 Å². The third-order valence-corrected chi connectivity index (χ3v) is 4.78. The molecule has 2 aromatic carbocycles. The van der Waals surface area contributed by atoms with E-state index in [1.807, 2.05) is 71.4 Å². The van der Waals surface area contributed by atoms with E-state index in [1.54, 1.807) is 24.4 Å². The van der Waals surface area contributed by atoms with E-state index in [-0.39, 0.29) is 5.91 Å². The summed E-state index contributed by atoms with van der Waals surface area (Å²) < 4.78 is 7.81. The van der Waals surface area contributed by atoms with Gasteiger partial charge >= 0.3 is 0 Å². The van der Waals surface area contributed by atoms with Crippen LogP contribution in [0.15, 0.2) is 91.4 Å². The number of amides is 1. The highest BCUT2D eigenvalue weighted by Gasteiger charge is 2.10. The highest BCUT2D eigenvalue weighted by Crippen LogP contribution is 2.22. The monoisotopic (exact) mass is 394 g/mol. The van der Waals surface area contributed by atoms with Crippen molar-refractivity contribution in [3.05, 3.63) is 103 Å². The maximum atomic E-state index is 12.8. The fourth-order valence-electron chi connectivity index (χ4n) is 3.34. The Bertz CT molecular complexity index is 1320. The van der Waals surface area contributed by atoms with E-state index in [2.05, 4.69) is 15.3 Å². The summed E-state index contributed by atoms with van der Waals surface area (Å²) in [6.45, 7) is 0.319. The Balaban J connectivity index is 1.32. The van der Waals surface area contributed by atoms with E-state index in [0.29, 0.717) is 23.6 Å². The number of anilines is 1. The minimum absolute atomic E-state index is 0.216. The van der Waals surface area contributed by atoms with Crippen LogP contribution in [0.1, 0.15) is 16.1 Å². The zero-order chi connectivity index (χ0) is 20.3. The number of aromatic nitrogens is 3. The summed E-state index contributed by atoms with van der Waals surface area (Å²) in [5.41, 5.74) is 3.63. The standard InChI is InChI=1S/C24H18N4O2/c29-24(27-21-10-4-6-17-8-5-12-25-23(17)21)18-7-3-9-20(14-18)30-16-19-15-28-13-2-1-11-22(28)26-19/h1-15H,16H2,(H,27,29). The van der Waals surface area contributed by atoms with E-state index >= 15 is 0 Å². The number of nitrogens with zero attached hydrogens (tertiary/aromatic N) is 3. The Kier molecular flexibility index (Phi) is 4.57. The molecule has 0 bridgehead atoms. The number of pyridine rings is 2. The lowest BCUT2D eigenvalue weighted by Gasteiger charge is -2.09. The minimum Gasteiger partial charge on any atom is -0.487 e. The van der Waals surface area contributed by atoms with Gasteiger partial charge in [0.1, 0.15) is 18.0 Å². The molecule has 5 rings (SSSR count). The molecule has 0 radical (unpaired) electrons. The van der Waals surface area contributed by atoms with Crippen LogP contribution in [0.2, 0.25) is 0 Å². The number of nitrogens with one attached hydrogen (secondary N) is 1. The van der Waals surface area contributed by atoms with Crippen LogP contribution in [0.25, 0.3) is 16.6 Å². The van der Waals surface area contributed by atoms with Crippen LogP contribution in [-0.2, 0) is 6.61 Å². The zero-order valence-corrected chi connectivity index (χ0v) is 16.0. The van der Waals surface area contributed by atoms with Crippen molar-refractivity contribution >= 4 is 28.1 Å². The largest absolute Gasteiger partial charge is 0.487 e. The van der Waals surface area contributed by atoms with Crippen molar-refractivity contribution in [1.82, 2.24) is 14.4 Å². The predicted octanol–water partition coefficient (Wildman–Crippen LogP) is 4.71. The molecule has 3 heterocycles. The maximum Gasteiger partial charge on any atom is 0.255 e.